The van der Waals surface area contributed by atoms with Gasteiger partial charge >= 0.3 is 0 Å². The lowest BCUT2D eigenvalue weighted by molar-refractivity contribution is -0.127. The fraction of sp³-hybridized carbons (Fsp3) is 0.440. The first kappa shape index (κ1) is 21.6. The van der Waals surface area contributed by atoms with Gasteiger partial charge in [-0.15, -0.1) is 11.3 Å². The van der Waals surface area contributed by atoms with E-state index in [0.29, 0.717) is 31.1 Å². The zero-order valence-electron chi connectivity index (χ0n) is 18.7. The topological polar surface area (TPSA) is 100 Å². The fourth-order valence-electron chi connectivity index (χ4n) is 5.65. The molecule has 3 aromatic rings. The van der Waals surface area contributed by atoms with Gasteiger partial charge in [0, 0.05) is 72.4 Å². The molecule has 34 heavy (non-hydrogen) atoms. The third-order valence-electron chi connectivity index (χ3n) is 7.51. The summed E-state index contributed by atoms with van der Waals surface area (Å²) in [5.74, 6) is -0.142. The molecule has 1 amide bonds. The number of carbonyl (C=O) groups is 1. The standard InChI is InChI=1S/C25H27N5O3S/c31-14-18-20-12-30-19(6-5-17(25(30)33)16-2-1-7-26-11-16)23(29(20)13-21-27-8-9-34-21)22(18)24(32)28-10-15-3-4-15/h1-2,5-9,11,15,18,20,22-23,31H,3-4,10,12-14H2,(H,28,32)/t18-,20-,22+,23+/m0/s1. The Bertz CT molecular complexity index is 1240. The van der Waals surface area contributed by atoms with Gasteiger partial charge in [0.1, 0.15) is 5.01 Å². The Morgan fingerprint density at radius 3 is 2.82 bits per heavy atom. The molecule has 5 heterocycles. The fourth-order valence-corrected chi connectivity index (χ4v) is 6.28. The molecule has 3 aromatic heterocycles. The van der Waals surface area contributed by atoms with Gasteiger partial charge in [-0.2, -0.15) is 0 Å². The van der Waals surface area contributed by atoms with Gasteiger partial charge < -0.3 is 15.0 Å². The molecule has 2 fully saturated rings. The summed E-state index contributed by atoms with van der Waals surface area (Å²) in [5.41, 5.74) is 2.12. The highest BCUT2D eigenvalue weighted by Crippen LogP contribution is 2.49. The maximum absolute atomic E-state index is 13.6. The second-order valence-electron chi connectivity index (χ2n) is 9.50. The lowest BCUT2D eigenvalue weighted by Crippen LogP contribution is -2.46. The van der Waals surface area contributed by atoms with Gasteiger partial charge in [0.15, 0.2) is 0 Å². The van der Waals surface area contributed by atoms with Crippen LogP contribution in [-0.4, -0.2) is 49.6 Å². The van der Waals surface area contributed by atoms with Crippen LogP contribution in [0.5, 0.6) is 0 Å². The lowest BCUT2D eigenvalue weighted by Gasteiger charge is -2.37. The number of rotatable bonds is 7. The third-order valence-corrected chi connectivity index (χ3v) is 8.27. The van der Waals surface area contributed by atoms with Crippen molar-refractivity contribution >= 4 is 17.2 Å². The van der Waals surface area contributed by atoms with E-state index in [1.807, 2.05) is 34.2 Å². The monoisotopic (exact) mass is 477 g/mol. The van der Waals surface area contributed by atoms with Gasteiger partial charge in [0.2, 0.25) is 5.91 Å². The van der Waals surface area contributed by atoms with Crippen LogP contribution in [0.15, 0.2) is 53.0 Å². The molecule has 6 rings (SSSR count). The van der Waals surface area contributed by atoms with Crippen LogP contribution in [0.4, 0.5) is 0 Å². The summed E-state index contributed by atoms with van der Waals surface area (Å²) in [7, 11) is 0. The van der Waals surface area contributed by atoms with E-state index in [0.717, 1.165) is 29.1 Å². The minimum absolute atomic E-state index is 0.0279. The molecule has 4 atom stereocenters. The summed E-state index contributed by atoms with van der Waals surface area (Å²) < 4.78 is 1.81. The van der Waals surface area contributed by atoms with Gasteiger partial charge in [-0.3, -0.25) is 19.5 Å². The van der Waals surface area contributed by atoms with Gasteiger partial charge in [-0.1, -0.05) is 6.07 Å². The first-order valence-electron chi connectivity index (χ1n) is 11.8. The Labute approximate surface area is 201 Å². The molecule has 2 N–H and O–H groups in total. The second kappa shape index (κ2) is 8.72. The molecule has 8 nitrogen and oxygen atoms in total. The smallest absolute Gasteiger partial charge is 0.258 e. The summed E-state index contributed by atoms with van der Waals surface area (Å²) >= 11 is 1.58. The minimum Gasteiger partial charge on any atom is -0.396 e. The molecule has 0 radical (unpaired) electrons. The zero-order valence-corrected chi connectivity index (χ0v) is 19.5. The Balaban J connectivity index is 1.42. The number of hydrogen-bond donors (Lipinski definition) is 2. The van der Waals surface area contributed by atoms with E-state index < -0.39 is 5.92 Å². The first-order valence-corrected chi connectivity index (χ1v) is 12.7. The number of nitrogens with zero attached hydrogens (tertiary/aromatic N) is 4. The number of aliphatic hydroxyl groups is 1. The number of hydrogen-bond acceptors (Lipinski definition) is 7. The van der Waals surface area contributed by atoms with Crippen LogP contribution in [0.2, 0.25) is 0 Å². The van der Waals surface area contributed by atoms with Crippen molar-refractivity contribution in [2.45, 2.75) is 38.0 Å². The molecule has 1 saturated carbocycles. The summed E-state index contributed by atoms with van der Waals surface area (Å²) in [5, 5.41) is 16.5. The highest BCUT2D eigenvalue weighted by atomic mass is 32.1. The second-order valence-corrected chi connectivity index (χ2v) is 10.5. The normalized spacial score (nSPS) is 25.8. The quantitative estimate of drug-likeness (QED) is 0.540. The SMILES string of the molecule is O=C(NCC1CC1)[C@@H]1[C@@H](CO)[C@@H]2Cn3c(ccc(-c4cccnc4)c3=O)[C@H]1N2Cc1nccs1. The summed E-state index contributed by atoms with van der Waals surface area (Å²) in [6.07, 6.45) is 7.49. The van der Waals surface area contributed by atoms with Crippen LogP contribution in [0.3, 0.4) is 0 Å². The van der Waals surface area contributed by atoms with Crippen molar-refractivity contribution in [2.24, 2.45) is 17.8 Å². The molecule has 0 aromatic carbocycles. The van der Waals surface area contributed by atoms with E-state index in [2.05, 4.69) is 20.2 Å². The summed E-state index contributed by atoms with van der Waals surface area (Å²) in [6.45, 7) is 1.61. The van der Waals surface area contributed by atoms with Crippen LogP contribution in [-0.2, 0) is 17.9 Å². The Kier molecular flexibility index (Phi) is 5.55. The van der Waals surface area contributed by atoms with Crippen LogP contribution in [0.25, 0.3) is 11.1 Å². The highest BCUT2D eigenvalue weighted by molar-refractivity contribution is 7.09. The molecule has 1 saturated heterocycles. The molecule has 2 aliphatic heterocycles. The summed E-state index contributed by atoms with van der Waals surface area (Å²) in [6, 6.07) is 7.09. The lowest BCUT2D eigenvalue weighted by atomic mass is 9.86. The van der Waals surface area contributed by atoms with E-state index in [-0.39, 0.29) is 36.1 Å². The van der Waals surface area contributed by atoms with Crippen LogP contribution in [0.1, 0.15) is 29.6 Å². The number of aromatic nitrogens is 3. The molecule has 0 unspecified atom stereocenters. The first-order chi connectivity index (χ1) is 16.7. The predicted molar refractivity (Wildman–Crippen MR) is 128 cm³/mol. The molecular formula is C25H27N5O3S. The number of nitrogens with one attached hydrogen (secondary N) is 1. The van der Waals surface area contributed by atoms with E-state index in [9.17, 15) is 14.7 Å². The molecule has 9 heteroatoms. The van der Waals surface area contributed by atoms with Crippen LogP contribution >= 0.6 is 11.3 Å². The number of amides is 1. The van der Waals surface area contributed by atoms with Crippen molar-refractivity contribution < 1.29 is 9.90 Å². The predicted octanol–water partition coefficient (Wildman–Crippen LogP) is 2.06. The molecule has 176 valence electrons. The van der Waals surface area contributed by atoms with Crippen molar-refractivity contribution in [1.82, 2.24) is 24.8 Å². The van der Waals surface area contributed by atoms with Crippen molar-refractivity contribution in [3.8, 4) is 11.1 Å². The van der Waals surface area contributed by atoms with Crippen LogP contribution in [0, 0.1) is 17.8 Å². The Morgan fingerprint density at radius 2 is 2.12 bits per heavy atom. The van der Waals surface area contributed by atoms with Crippen LogP contribution < -0.4 is 10.9 Å². The van der Waals surface area contributed by atoms with Gasteiger partial charge in [-0.05, 0) is 37.0 Å². The number of thiazole rings is 1. The highest BCUT2D eigenvalue weighted by Gasteiger charge is 2.55. The molecular weight excluding hydrogens is 450 g/mol. The van der Waals surface area contributed by atoms with Crippen molar-refractivity contribution in [3.05, 3.63) is 69.3 Å². The van der Waals surface area contributed by atoms with Gasteiger partial charge in [0.05, 0.1) is 18.5 Å². The maximum Gasteiger partial charge on any atom is 0.258 e. The van der Waals surface area contributed by atoms with Gasteiger partial charge in [-0.25, -0.2) is 4.98 Å². The number of pyridine rings is 2. The van der Waals surface area contributed by atoms with E-state index in [4.69, 9.17) is 0 Å². The average Bonchev–Trinajstić information content (AvgIpc) is 3.50. The number of aliphatic hydroxyl groups excluding tert-OH is 1. The Morgan fingerprint density at radius 1 is 1.24 bits per heavy atom. The number of carbonyl (C=O) groups excluding carboxylic acids is 1. The largest absolute Gasteiger partial charge is 0.396 e. The number of fused-ring (bicyclic) bond motifs is 4. The van der Waals surface area contributed by atoms with Gasteiger partial charge in [0.25, 0.3) is 5.56 Å². The maximum atomic E-state index is 13.6. The average molecular weight is 478 g/mol. The zero-order chi connectivity index (χ0) is 23.2. The van der Waals surface area contributed by atoms with Crippen molar-refractivity contribution in [2.75, 3.05) is 13.2 Å². The van der Waals surface area contributed by atoms with Crippen molar-refractivity contribution in [3.63, 3.8) is 0 Å². The minimum atomic E-state index is -0.425. The van der Waals surface area contributed by atoms with E-state index >= 15 is 0 Å². The molecule has 2 bridgehead atoms. The van der Waals surface area contributed by atoms with E-state index in [1.165, 1.54) is 0 Å². The Hall–Kier alpha value is -2.88. The molecule has 0 spiro atoms. The van der Waals surface area contributed by atoms with E-state index in [1.54, 1.807) is 29.9 Å². The van der Waals surface area contributed by atoms with Crippen molar-refractivity contribution in [1.29, 1.82) is 0 Å². The third kappa shape index (κ3) is 3.68. The summed E-state index contributed by atoms with van der Waals surface area (Å²) in [4.78, 5) is 38.0. The molecule has 3 aliphatic rings. The molecule has 1 aliphatic carbocycles.